The number of carbonyl (C=O) groups excluding carboxylic acids is 2. The monoisotopic (exact) mass is 520 g/mol. The molecule has 0 saturated carbocycles. The average Bonchev–Trinajstić information content (AvgIpc) is 2.67. The number of Topliss-reactive ketones (excluding diaryl/α,β-unsaturated/α-hetero) is 1. The molecule has 0 amide bonds. The van der Waals surface area contributed by atoms with Gasteiger partial charge >= 0.3 is 5.97 Å². The van der Waals surface area contributed by atoms with E-state index in [-0.39, 0.29) is 24.2 Å². The van der Waals surface area contributed by atoms with Gasteiger partial charge in [-0.15, -0.1) is 0 Å². The van der Waals surface area contributed by atoms with Crippen molar-refractivity contribution in [3.8, 4) is 0 Å². The zero-order valence-electron chi connectivity index (χ0n) is 18.6. The van der Waals surface area contributed by atoms with Gasteiger partial charge in [-0.3, -0.25) is 9.59 Å². The SMILES string of the molecule is C/C1=C\C[C@@H](/C(C)=C/I)OC(=O)C[C@H](O)C(C)(C)C(=O)[C@H](C)[C@@H](O)[C@@H](C)CCC1. The van der Waals surface area contributed by atoms with Crippen molar-refractivity contribution in [2.24, 2.45) is 17.3 Å². The first-order valence-corrected chi connectivity index (χ1v) is 11.7. The quantitative estimate of drug-likeness (QED) is 0.297. The highest BCUT2D eigenvalue weighted by molar-refractivity contribution is 14.1. The van der Waals surface area contributed by atoms with Gasteiger partial charge < -0.3 is 14.9 Å². The molecule has 0 spiro atoms. The van der Waals surface area contributed by atoms with Crippen LogP contribution in [-0.4, -0.2) is 40.3 Å². The van der Waals surface area contributed by atoms with E-state index in [1.165, 1.54) is 5.57 Å². The van der Waals surface area contributed by atoms with Crippen molar-refractivity contribution >= 4 is 34.3 Å². The molecule has 1 heterocycles. The van der Waals surface area contributed by atoms with E-state index in [4.69, 9.17) is 4.74 Å². The van der Waals surface area contributed by atoms with Crippen LogP contribution in [0.4, 0.5) is 0 Å². The zero-order valence-corrected chi connectivity index (χ0v) is 20.7. The molecule has 1 aliphatic heterocycles. The van der Waals surface area contributed by atoms with Gasteiger partial charge in [-0.25, -0.2) is 0 Å². The summed E-state index contributed by atoms with van der Waals surface area (Å²) >= 11 is 2.13. The van der Waals surface area contributed by atoms with Crippen molar-refractivity contribution in [3.05, 3.63) is 21.3 Å². The first-order chi connectivity index (χ1) is 13.4. The predicted molar refractivity (Wildman–Crippen MR) is 124 cm³/mol. The Morgan fingerprint density at radius 1 is 1.28 bits per heavy atom. The summed E-state index contributed by atoms with van der Waals surface area (Å²) in [6.45, 7) is 10.9. The Balaban J connectivity index is 3.17. The predicted octanol–water partition coefficient (Wildman–Crippen LogP) is 4.74. The Bertz CT molecular complexity index is 637. The maximum Gasteiger partial charge on any atom is 0.309 e. The normalized spacial score (nSPS) is 35.6. The minimum absolute atomic E-state index is 0.0236. The van der Waals surface area contributed by atoms with Crippen molar-refractivity contribution in [2.45, 2.75) is 92.0 Å². The van der Waals surface area contributed by atoms with Crippen molar-refractivity contribution in [2.75, 3.05) is 0 Å². The molecule has 0 radical (unpaired) electrons. The molecule has 5 nitrogen and oxygen atoms in total. The molecule has 29 heavy (non-hydrogen) atoms. The summed E-state index contributed by atoms with van der Waals surface area (Å²) in [5.74, 6) is -1.41. The van der Waals surface area contributed by atoms with Gasteiger partial charge in [0.2, 0.25) is 0 Å². The lowest BCUT2D eigenvalue weighted by atomic mass is 9.73. The van der Waals surface area contributed by atoms with Crippen LogP contribution in [0, 0.1) is 17.3 Å². The van der Waals surface area contributed by atoms with E-state index >= 15 is 0 Å². The van der Waals surface area contributed by atoms with Gasteiger partial charge in [-0.2, -0.15) is 0 Å². The second-order valence-corrected chi connectivity index (χ2v) is 9.70. The summed E-state index contributed by atoms with van der Waals surface area (Å²) in [4.78, 5) is 25.5. The fraction of sp³-hybridized carbons (Fsp3) is 0.739. The Morgan fingerprint density at radius 3 is 2.48 bits per heavy atom. The van der Waals surface area contributed by atoms with Gasteiger partial charge in [0.25, 0.3) is 0 Å². The van der Waals surface area contributed by atoms with Crippen LogP contribution in [0.15, 0.2) is 21.3 Å². The molecule has 5 atom stereocenters. The lowest BCUT2D eigenvalue weighted by molar-refractivity contribution is -0.154. The molecule has 0 aromatic carbocycles. The van der Waals surface area contributed by atoms with E-state index in [9.17, 15) is 19.8 Å². The number of allylic oxidation sites excluding steroid dienone is 1. The van der Waals surface area contributed by atoms with Crippen molar-refractivity contribution in [3.63, 3.8) is 0 Å². The third-order valence-electron chi connectivity index (χ3n) is 6.20. The topological polar surface area (TPSA) is 83.8 Å². The minimum Gasteiger partial charge on any atom is -0.457 e. The fourth-order valence-corrected chi connectivity index (χ4v) is 4.10. The molecule has 0 aliphatic carbocycles. The summed E-state index contributed by atoms with van der Waals surface area (Å²) in [6, 6.07) is 0. The maximum atomic E-state index is 13.0. The lowest BCUT2D eigenvalue weighted by Crippen LogP contribution is -2.45. The smallest absolute Gasteiger partial charge is 0.309 e. The van der Waals surface area contributed by atoms with E-state index in [0.717, 1.165) is 24.8 Å². The number of ketones is 1. The van der Waals surface area contributed by atoms with Crippen LogP contribution in [0.5, 0.6) is 0 Å². The Kier molecular flexibility index (Phi) is 10.5. The summed E-state index contributed by atoms with van der Waals surface area (Å²) in [7, 11) is 0. The molecule has 0 aromatic rings. The number of ether oxygens (including phenoxy) is 1. The molecular weight excluding hydrogens is 483 g/mol. The van der Waals surface area contributed by atoms with Crippen LogP contribution in [0.3, 0.4) is 0 Å². The third kappa shape index (κ3) is 7.47. The van der Waals surface area contributed by atoms with E-state index in [2.05, 4.69) is 35.6 Å². The van der Waals surface area contributed by atoms with Gasteiger partial charge in [-0.05, 0) is 48.7 Å². The Labute approximate surface area is 189 Å². The molecule has 6 heteroatoms. The largest absolute Gasteiger partial charge is 0.457 e. The fourth-order valence-electron chi connectivity index (χ4n) is 3.70. The van der Waals surface area contributed by atoms with Crippen LogP contribution in [0.25, 0.3) is 0 Å². The van der Waals surface area contributed by atoms with Crippen molar-refractivity contribution in [1.29, 1.82) is 0 Å². The molecule has 0 bridgehead atoms. The molecule has 0 unspecified atom stereocenters. The molecule has 0 fully saturated rings. The molecule has 166 valence electrons. The number of esters is 1. The van der Waals surface area contributed by atoms with E-state index in [0.29, 0.717) is 6.42 Å². The second-order valence-electron chi connectivity index (χ2n) is 9.07. The molecule has 2 N–H and O–H groups in total. The number of rotatable bonds is 1. The van der Waals surface area contributed by atoms with Gasteiger partial charge in [0.15, 0.2) is 0 Å². The number of hydrogen-bond donors (Lipinski definition) is 2. The standard InChI is InChI=1S/C23H37IO5/c1-14-8-7-9-15(2)21(27)17(4)22(28)23(5,6)19(25)12-20(26)29-18(11-10-14)16(3)13-24/h10,13,15,17-19,21,25,27H,7-9,11-12H2,1-6H3/b14-10+,16-13+/t15-,17+,18-,19-,21-/m0/s1. The third-order valence-corrected chi connectivity index (χ3v) is 7.18. The van der Waals surface area contributed by atoms with Crippen LogP contribution in [0.2, 0.25) is 0 Å². The molecule has 0 saturated heterocycles. The second kappa shape index (κ2) is 11.6. The van der Waals surface area contributed by atoms with E-state index in [1.54, 1.807) is 20.8 Å². The molecular formula is C23H37IO5. The van der Waals surface area contributed by atoms with E-state index < -0.39 is 29.5 Å². The number of aliphatic hydroxyl groups is 2. The van der Waals surface area contributed by atoms with Crippen LogP contribution in [0.1, 0.15) is 73.6 Å². The van der Waals surface area contributed by atoms with Crippen molar-refractivity contribution in [1.82, 2.24) is 0 Å². The average molecular weight is 520 g/mol. The lowest BCUT2D eigenvalue weighted by Gasteiger charge is -2.34. The first-order valence-electron chi connectivity index (χ1n) is 10.4. The number of cyclic esters (lactones) is 1. The highest BCUT2D eigenvalue weighted by atomic mass is 127. The summed E-state index contributed by atoms with van der Waals surface area (Å²) < 4.78 is 7.53. The number of aliphatic hydroxyl groups excluding tert-OH is 2. The number of carbonyl (C=O) groups is 2. The molecule has 0 aromatic heterocycles. The summed E-state index contributed by atoms with van der Waals surface area (Å²) in [5, 5.41) is 21.3. The Hall–Kier alpha value is -0.730. The summed E-state index contributed by atoms with van der Waals surface area (Å²) in [6.07, 6.45) is 2.71. The zero-order chi connectivity index (χ0) is 22.4. The van der Waals surface area contributed by atoms with Crippen molar-refractivity contribution < 1.29 is 24.5 Å². The number of hydrogen-bond acceptors (Lipinski definition) is 5. The minimum atomic E-state index is -1.18. The summed E-state index contributed by atoms with van der Waals surface area (Å²) in [5.41, 5.74) is 1.00. The highest BCUT2D eigenvalue weighted by Crippen LogP contribution is 2.32. The Morgan fingerprint density at radius 2 is 1.90 bits per heavy atom. The number of halogens is 1. The molecule has 1 aliphatic rings. The van der Waals surface area contributed by atoms with Crippen LogP contribution >= 0.6 is 22.6 Å². The van der Waals surface area contributed by atoms with Crippen LogP contribution < -0.4 is 0 Å². The maximum absolute atomic E-state index is 13.0. The first kappa shape index (κ1) is 26.3. The van der Waals surface area contributed by atoms with Gasteiger partial charge in [0, 0.05) is 12.3 Å². The van der Waals surface area contributed by atoms with Gasteiger partial charge in [0.1, 0.15) is 11.9 Å². The van der Waals surface area contributed by atoms with Crippen LogP contribution in [-0.2, 0) is 14.3 Å². The van der Waals surface area contributed by atoms with Gasteiger partial charge in [0.05, 0.1) is 24.0 Å². The molecule has 1 rings (SSSR count). The van der Waals surface area contributed by atoms with Gasteiger partial charge in [-0.1, -0.05) is 61.9 Å². The van der Waals surface area contributed by atoms with E-state index in [1.807, 2.05) is 17.9 Å². The highest BCUT2D eigenvalue weighted by Gasteiger charge is 2.42.